The Hall–Kier alpha value is -4.08. The molecule has 0 unspecified atom stereocenters. The molecule has 2 fully saturated rings. The highest BCUT2D eigenvalue weighted by Crippen LogP contribution is 2.69. The number of hydrogen-bond acceptors (Lipinski definition) is 10. The van der Waals surface area contributed by atoms with E-state index in [4.69, 9.17) is 18.9 Å². The maximum atomic E-state index is 13.9. The van der Waals surface area contributed by atoms with Crippen LogP contribution in [0.25, 0.3) is 0 Å². The maximum Gasteiger partial charge on any atom is 0.335 e. The van der Waals surface area contributed by atoms with E-state index in [0.29, 0.717) is 27.9 Å². The second kappa shape index (κ2) is 10.5. The second-order valence-corrected chi connectivity index (χ2v) is 14.7. The molecule has 0 bridgehead atoms. The van der Waals surface area contributed by atoms with Crippen LogP contribution >= 0.6 is 0 Å². The number of rotatable bonds is 4. The molecule has 0 amide bonds. The van der Waals surface area contributed by atoms with E-state index in [1.54, 1.807) is 33.8 Å². The minimum Gasteiger partial charge on any atom is -0.457 e. The van der Waals surface area contributed by atoms with Crippen molar-refractivity contribution in [3.05, 3.63) is 57.2 Å². The number of allylic oxidation sites excluding steroid dienone is 3. The van der Waals surface area contributed by atoms with E-state index < -0.39 is 58.1 Å². The number of carbonyl (C=O) groups is 6. The van der Waals surface area contributed by atoms with Crippen molar-refractivity contribution < 1.29 is 47.7 Å². The summed E-state index contributed by atoms with van der Waals surface area (Å²) >= 11 is 0. The lowest BCUT2D eigenvalue weighted by atomic mass is 9.46. The number of ketones is 2. The second-order valence-electron chi connectivity index (χ2n) is 14.7. The number of hydrogen-bond donors (Lipinski definition) is 0. The topological polar surface area (TPSA) is 139 Å². The van der Waals surface area contributed by atoms with Crippen LogP contribution in [0.2, 0.25) is 0 Å². The highest BCUT2D eigenvalue weighted by Gasteiger charge is 2.77. The molecule has 6 rings (SSSR count). The molecule has 2 saturated carbocycles. The van der Waals surface area contributed by atoms with Crippen LogP contribution in [0, 0.1) is 22.7 Å². The summed E-state index contributed by atoms with van der Waals surface area (Å²) in [7, 11) is 0. The molecule has 47 heavy (non-hydrogen) atoms. The van der Waals surface area contributed by atoms with E-state index in [9.17, 15) is 28.8 Å². The highest BCUT2D eigenvalue weighted by molar-refractivity contribution is 5.99. The van der Waals surface area contributed by atoms with E-state index in [2.05, 4.69) is 0 Å². The molecule has 8 atom stereocenters. The van der Waals surface area contributed by atoms with E-state index in [1.807, 2.05) is 27.7 Å². The summed E-state index contributed by atoms with van der Waals surface area (Å²) < 4.78 is 25.4. The van der Waals surface area contributed by atoms with Gasteiger partial charge in [0.25, 0.3) is 0 Å². The number of ether oxygens (including phenoxy) is 4. The first-order valence-electron chi connectivity index (χ1n) is 16.3. The maximum absolute atomic E-state index is 13.9. The smallest absolute Gasteiger partial charge is 0.335 e. The molecule has 0 spiro atoms. The predicted octanol–water partition coefficient (Wildman–Crippen LogP) is 4.91. The van der Waals surface area contributed by atoms with Crippen molar-refractivity contribution >= 4 is 35.4 Å². The molecule has 10 heteroatoms. The van der Waals surface area contributed by atoms with Gasteiger partial charge < -0.3 is 18.9 Å². The zero-order valence-electron chi connectivity index (χ0n) is 28.5. The average Bonchev–Trinajstić information content (AvgIpc) is 3.40. The van der Waals surface area contributed by atoms with E-state index >= 15 is 0 Å². The lowest BCUT2D eigenvalue weighted by Gasteiger charge is -2.61. The molecule has 0 saturated heterocycles. The van der Waals surface area contributed by atoms with Gasteiger partial charge >= 0.3 is 23.9 Å². The van der Waals surface area contributed by atoms with Gasteiger partial charge in [-0.2, -0.15) is 0 Å². The summed E-state index contributed by atoms with van der Waals surface area (Å²) in [5, 5.41) is 0. The fourth-order valence-corrected chi connectivity index (χ4v) is 9.17. The van der Waals surface area contributed by atoms with Crippen LogP contribution in [0.1, 0.15) is 88.0 Å². The molecule has 0 aromatic carbocycles. The van der Waals surface area contributed by atoms with Crippen LogP contribution in [0.4, 0.5) is 0 Å². The van der Waals surface area contributed by atoms with E-state index in [0.717, 1.165) is 0 Å². The van der Waals surface area contributed by atoms with Crippen molar-refractivity contribution in [2.45, 2.75) is 111 Å². The Bertz CT molecular complexity index is 1740. The zero-order chi connectivity index (χ0) is 34.6. The fourth-order valence-electron chi connectivity index (χ4n) is 9.17. The van der Waals surface area contributed by atoms with Gasteiger partial charge in [-0.05, 0) is 51.7 Å². The third-order valence-electron chi connectivity index (χ3n) is 12.3. The van der Waals surface area contributed by atoms with E-state index in [1.165, 1.54) is 19.1 Å². The first kappa shape index (κ1) is 32.8. The van der Waals surface area contributed by atoms with Crippen LogP contribution < -0.4 is 0 Å². The Labute approximate surface area is 274 Å². The molecule has 0 radical (unpaired) electrons. The van der Waals surface area contributed by atoms with Crippen LogP contribution in [0.15, 0.2) is 57.2 Å². The Kier molecular flexibility index (Phi) is 7.31. The molecule has 2 aliphatic heterocycles. The molecule has 10 nitrogen and oxygen atoms in total. The van der Waals surface area contributed by atoms with Crippen LogP contribution in [-0.4, -0.2) is 58.9 Å². The molecular formula is C37H42O10. The van der Waals surface area contributed by atoms with Crippen LogP contribution in [0.3, 0.4) is 0 Å². The molecular weight excluding hydrogens is 604 g/mol. The van der Waals surface area contributed by atoms with Gasteiger partial charge in [0.05, 0.1) is 0 Å². The third kappa shape index (κ3) is 4.15. The van der Waals surface area contributed by atoms with E-state index in [-0.39, 0.29) is 60.2 Å². The molecule has 0 aromatic heterocycles. The fraction of sp³-hybridized carbons (Fsp3) is 0.568. The Morgan fingerprint density at radius 3 is 1.55 bits per heavy atom. The van der Waals surface area contributed by atoms with Gasteiger partial charge in [0.1, 0.15) is 12.2 Å². The average molecular weight is 647 g/mol. The normalized spacial score (nSPS) is 39.6. The van der Waals surface area contributed by atoms with Crippen molar-refractivity contribution in [3.8, 4) is 0 Å². The molecule has 250 valence electrons. The summed E-state index contributed by atoms with van der Waals surface area (Å²) in [6.45, 7) is 15.5. The zero-order valence-corrected chi connectivity index (χ0v) is 28.5. The number of fused-ring (bicyclic) bond motifs is 5. The Morgan fingerprint density at radius 2 is 1.17 bits per heavy atom. The summed E-state index contributed by atoms with van der Waals surface area (Å²) in [5.41, 5.74) is -2.72. The molecule has 2 heterocycles. The molecule has 4 aliphatic carbocycles. The van der Waals surface area contributed by atoms with Crippen molar-refractivity contribution in [3.63, 3.8) is 0 Å². The van der Waals surface area contributed by atoms with Crippen molar-refractivity contribution in [1.29, 1.82) is 0 Å². The Balaban J connectivity index is 1.69. The first-order valence-corrected chi connectivity index (χ1v) is 16.3. The van der Waals surface area contributed by atoms with Gasteiger partial charge in [-0.15, -0.1) is 0 Å². The minimum atomic E-state index is -1.79. The van der Waals surface area contributed by atoms with Crippen molar-refractivity contribution in [1.82, 2.24) is 0 Å². The quantitative estimate of drug-likeness (QED) is 0.235. The van der Waals surface area contributed by atoms with Gasteiger partial charge in [0.15, 0.2) is 22.8 Å². The summed E-state index contributed by atoms with van der Waals surface area (Å²) in [6, 6.07) is 0. The van der Waals surface area contributed by atoms with Gasteiger partial charge in [-0.3, -0.25) is 14.4 Å². The predicted molar refractivity (Wildman–Crippen MR) is 167 cm³/mol. The molecule has 6 aliphatic rings. The lowest BCUT2D eigenvalue weighted by molar-refractivity contribution is -0.203. The third-order valence-corrected chi connectivity index (χ3v) is 12.3. The first-order chi connectivity index (χ1) is 21.9. The van der Waals surface area contributed by atoms with Crippen LogP contribution in [0.5, 0.6) is 0 Å². The minimum absolute atomic E-state index is 0.0398. The van der Waals surface area contributed by atoms with Gasteiger partial charge in [-0.25, -0.2) is 14.4 Å². The molecule has 0 aromatic rings. The SMILES string of the molecule is C/C=C(/C)C(=O)O[C@@H]1C2=C(C)C(=O)O[C@]2([C@@]23CC4=CC(=O)C[C@H](C)[C@@]4(C)[C@H](OC(C)=O)C2=C(C)C(=O)O3)CC2=CC(=O)C[C@H](C)[C@]21C. The monoisotopic (exact) mass is 646 g/mol. The van der Waals surface area contributed by atoms with Crippen LogP contribution in [-0.2, 0) is 47.7 Å². The summed E-state index contributed by atoms with van der Waals surface area (Å²) in [6.07, 6.45) is 2.89. The number of esters is 4. The Morgan fingerprint density at radius 1 is 0.766 bits per heavy atom. The number of carbonyl (C=O) groups excluding carboxylic acids is 6. The molecule has 0 N–H and O–H groups in total. The largest absolute Gasteiger partial charge is 0.457 e. The summed E-state index contributed by atoms with van der Waals surface area (Å²) in [5.74, 6) is -3.38. The highest BCUT2D eigenvalue weighted by atomic mass is 16.6. The standard InChI is InChI=1S/C37H42O10/c1-10-17(2)31(41)45-30-28-21(6)33(43)47-37(28,16-24-14-26(40)12-19(4)35(24,30)9)36-15-23-13-25(39)11-18(3)34(23,8)29(44-22(7)38)27(36)20(5)32(42)46-36/h10,13-14,18-19,29-30H,11-12,15-16H2,1-9H3/b17-10-/t18-,19-,29+,30+,34+,35+,36+,37+/m0/s1. The van der Waals surface area contributed by atoms with Crippen molar-refractivity contribution in [2.75, 3.05) is 0 Å². The van der Waals surface area contributed by atoms with Gasteiger partial charge in [0, 0.05) is 71.3 Å². The summed E-state index contributed by atoms with van der Waals surface area (Å²) in [4.78, 5) is 80.3. The lowest BCUT2D eigenvalue weighted by Crippen LogP contribution is -2.69. The van der Waals surface area contributed by atoms with Crippen molar-refractivity contribution in [2.24, 2.45) is 22.7 Å². The van der Waals surface area contributed by atoms with Gasteiger partial charge in [0.2, 0.25) is 0 Å². The van der Waals surface area contributed by atoms with Gasteiger partial charge in [-0.1, -0.05) is 44.9 Å².